The van der Waals surface area contributed by atoms with Crippen molar-refractivity contribution < 1.29 is 14.7 Å². The van der Waals surface area contributed by atoms with Gasteiger partial charge in [-0.25, -0.2) is 0 Å². The lowest BCUT2D eigenvalue weighted by Crippen LogP contribution is -2.42. The highest BCUT2D eigenvalue weighted by molar-refractivity contribution is 5.94. The summed E-state index contributed by atoms with van der Waals surface area (Å²) in [6.07, 6.45) is 2.93. The summed E-state index contributed by atoms with van der Waals surface area (Å²) >= 11 is 0. The van der Waals surface area contributed by atoms with Gasteiger partial charge < -0.3 is 10.0 Å². The quantitative estimate of drug-likeness (QED) is 0.857. The molecule has 2 rings (SSSR count). The average Bonchev–Trinajstić information content (AvgIpc) is 2.39. The van der Waals surface area contributed by atoms with E-state index >= 15 is 0 Å². The number of nitrogens with zero attached hydrogens (tertiary/aromatic N) is 2. The molecule has 1 saturated heterocycles. The number of pyridine rings is 1. The van der Waals surface area contributed by atoms with Crippen molar-refractivity contribution in [3.8, 4) is 0 Å². The Morgan fingerprint density at radius 2 is 2.22 bits per heavy atom. The molecule has 96 valence electrons. The number of aryl methyl sites for hydroxylation is 1. The van der Waals surface area contributed by atoms with Crippen LogP contribution in [0.5, 0.6) is 0 Å². The van der Waals surface area contributed by atoms with Gasteiger partial charge in [-0.15, -0.1) is 0 Å². The van der Waals surface area contributed by atoms with Gasteiger partial charge in [-0.05, 0) is 31.9 Å². The maximum Gasteiger partial charge on any atom is 0.308 e. The Labute approximate surface area is 105 Å². The van der Waals surface area contributed by atoms with Crippen LogP contribution in [0.3, 0.4) is 0 Å². The minimum absolute atomic E-state index is 0.131. The van der Waals surface area contributed by atoms with Gasteiger partial charge in [0.15, 0.2) is 0 Å². The number of likely N-dealkylation sites (tertiary alicyclic amines) is 1. The van der Waals surface area contributed by atoms with E-state index in [1.807, 2.05) is 6.92 Å². The van der Waals surface area contributed by atoms with Gasteiger partial charge in [-0.3, -0.25) is 14.6 Å². The molecule has 0 unspecified atom stereocenters. The van der Waals surface area contributed by atoms with Gasteiger partial charge in [0.25, 0.3) is 5.91 Å². The maximum absolute atomic E-state index is 12.2. The summed E-state index contributed by atoms with van der Waals surface area (Å²) in [5.41, 5.74) is 1.38. The van der Waals surface area contributed by atoms with Gasteiger partial charge in [-0.2, -0.15) is 0 Å². The number of aromatic nitrogens is 1. The van der Waals surface area contributed by atoms with Crippen molar-refractivity contribution in [3.05, 3.63) is 29.6 Å². The Bertz CT molecular complexity index is 456. The fraction of sp³-hybridized carbons (Fsp3) is 0.462. The van der Waals surface area contributed by atoms with Crippen molar-refractivity contribution in [2.24, 2.45) is 5.92 Å². The first-order chi connectivity index (χ1) is 8.58. The van der Waals surface area contributed by atoms with E-state index in [1.54, 1.807) is 23.2 Å². The summed E-state index contributed by atoms with van der Waals surface area (Å²) in [5.74, 6) is -1.40. The van der Waals surface area contributed by atoms with Crippen LogP contribution >= 0.6 is 0 Å². The molecule has 18 heavy (non-hydrogen) atoms. The van der Waals surface area contributed by atoms with E-state index in [-0.39, 0.29) is 5.91 Å². The third-order valence-electron chi connectivity index (χ3n) is 3.22. The monoisotopic (exact) mass is 248 g/mol. The van der Waals surface area contributed by atoms with Crippen LogP contribution in [-0.4, -0.2) is 40.0 Å². The number of piperidine rings is 1. The Morgan fingerprint density at radius 3 is 2.83 bits per heavy atom. The van der Waals surface area contributed by atoms with Crippen LogP contribution in [-0.2, 0) is 4.79 Å². The van der Waals surface area contributed by atoms with E-state index in [0.29, 0.717) is 25.1 Å². The highest BCUT2D eigenvalue weighted by atomic mass is 16.4. The van der Waals surface area contributed by atoms with E-state index in [2.05, 4.69) is 4.98 Å². The van der Waals surface area contributed by atoms with Crippen molar-refractivity contribution in [1.29, 1.82) is 0 Å². The highest BCUT2D eigenvalue weighted by Gasteiger charge is 2.28. The molecular weight excluding hydrogens is 232 g/mol. The fourth-order valence-corrected chi connectivity index (χ4v) is 2.14. The lowest BCUT2D eigenvalue weighted by molar-refractivity contribution is -0.143. The standard InChI is InChI=1S/C13H16N2O3/c1-9-4-5-10(7-14-9)12(16)15-6-2-3-11(8-15)13(17)18/h4-5,7,11H,2-3,6,8H2,1H3,(H,17,18)/t11-/m0/s1. The van der Waals surface area contributed by atoms with Gasteiger partial charge >= 0.3 is 5.97 Å². The molecule has 1 amide bonds. The predicted molar refractivity (Wildman–Crippen MR) is 65.2 cm³/mol. The molecule has 5 heteroatoms. The predicted octanol–water partition coefficient (Wildman–Crippen LogP) is 1.33. The Balaban J connectivity index is 2.09. The maximum atomic E-state index is 12.2. The molecule has 0 radical (unpaired) electrons. The number of hydrogen-bond acceptors (Lipinski definition) is 3. The van der Waals surface area contributed by atoms with Gasteiger partial charge in [0.1, 0.15) is 0 Å². The molecule has 1 fully saturated rings. The minimum Gasteiger partial charge on any atom is -0.481 e. The van der Waals surface area contributed by atoms with Gasteiger partial charge in [0, 0.05) is 25.0 Å². The van der Waals surface area contributed by atoms with Crippen LogP contribution < -0.4 is 0 Å². The third kappa shape index (κ3) is 2.67. The summed E-state index contributed by atoms with van der Waals surface area (Å²) in [4.78, 5) is 28.8. The molecule has 0 saturated carbocycles. The molecular formula is C13H16N2O3. The number of amides is 1. The molecule has 0 spiro atoms. The van der Waals surface area contributed by atoms with Crippen LogP contribution in [0.15, 0.2) is 18.3 Å². The number of carboxylic acids is 1. The Morgan fingerprint density at radius 1 is 1.44 bits per heavy atom. The number of carbonyl (C=O) groups excluding carboxylic acids is 1. The van der Waals surface area contributed by atoms with Crippen molar-refractivity contribution in [1.82, 2.24) is 9.88 Å². The van der Waals surface area contributed by atoms with Crippen LogP contribution in [0.25, 0.3) is 0 Å². The molecule has 0 aromatic carbocycles. The number of hydrogen-bond donors (Lipinski definition) is 1. The molecule has 5 nitrogen and oxygen atoms in total. The van der Waals surface area contributed by atoms with Gasteiger partial charge in [0.05, 0.1) is 11.5 Å². The first-order valence-electron chi connectivity index (χ1n) is 6.02. The number of rotatable bonds is 2. The zero-order chi connectivity index (χ0) is 13.1. The highest BCUT2D eigenvalue weighted by Crippen LogP contribution is 2.18. The zero-order valence-corrected chi connectivity index (χ0v) is 10.3. The fourth-order valence-electron chi connectivity index (χ4n) is 2.14. The molecule has 0 bridgehead atoms. The molecule has 1 aromatic rings. The molecule has 1 aromatic heterocycles. The number of carbonyl (C=O) groups is 2. The zero-order valence-electron chi connectivity index (χ0n) is 10.3. The summed E-state index contributed by atoms with van der Waals surface area (Å²) < 4.78 is 0. The first kappa shape index (κ1) is 12.5. The molecule has 1 aliphatic rings. The van der Waals surface area contributed by atoms with E-state index in [0.717, 1.165) is 12.1 Å². The largest absolute Gasteiger partial charge is 0.481 e. The average molecular weight is 248 g/mol. The topological polar surface area (TPSA) is 70.5 Å². The van der Waals surface area contributed by atoms with Crippen LogP contribution in [0, 0.1) is 12.8 Å². The van der Waals surface area contributed by atoms with Gasteiger partial charge in [-0.1, -0.05) is 0 Å². The van der Waals surface area contributed by atoms with Crippen LogP contribution in [0.2, 0.25) is 0 Å². The van der Waals surface area contributed by atoms with E-state index in [1.165, 1.54) is 0 Å². The van der Waals surface area contributed by atoms with Crippen molar-refractivity contribution in [3.63, 3.8) is 0 Å². The third-order valence-corrected chi connectivity index (χ3v) is 3.22. The van der Waals surface area contributed by atoms with Gasteiger partial charge in [0.2, 0.25) is 0 Å². The number of carboxylic acid groups (broad SMARTS) is 1. The summed E-state index contributed by atoms with van der Waals surface area (Å²) in [5, 5.41) is 8.99. The normalized spacial score (nSPS) is 19.6. The minimum atomic E-state index is -0.825. The molecule has 1 N–H and O–H groups in total. The van der Waals surface area contributed by atoms with Crippen molar-refractivity contribution in [2.75, 3.05) is 13.1 Å². The van der Waals surface area contributed by atoms with Crippen LogP contribution in [0.1, 0.15) is 28.9 Å². The number of aliphatic carboxylic acids is 1. The summed E-state index contributed by atoms with van der Waals surface area (Å²) in [6, 6.07) is 3.51. The second-order valence-electron chi connectivity index (χ2n) is 4.62. The van der Waals surface area contributed by atoms with Crippen molar-refractivity contribution >= 4 is 11.9 Å². The lowest BCUT2D eigenvalue weighted by atomic mass is 9.98. The van der Waals surface area contributed by atoms with E-state index in [4.69, 9.17) is 5.11 Å². The molecule has 1 aliphatic heterocycles. The summed E-state index contributed by atoms with van der Waals surface area (Å²) in [7, 11) is 0. The van der Waals surface area contributed by atoms with E-state index < -0.39 is 11.9 Å². The molecule has 1 atom stereocenters. The second-order valence-corrected chi connectivity index (χ2v) is 4.62. The molecule has 2 heterocycles. The second kappa shape index (κ2) is 5.16. The van der Waals surface area contributed by atoms with E-state index in [9.17, 15) is 9.59 Å². The summed E-state index contributed by atoms with van der Waals surface area (Å²) in [6.45, 7) is 2.77. The Hall–Kier alpha value is -1.91. The molecule has 0 aliphatic carbocycles. The lowest BCUT2D eigenvalue weighted by Gasteiger charge is -2.30. The Kier molecular flexibility index (Phi) is 3.60. The smallest absolute Gasteiger partial charge is 0.308 e. The SMILES string of the molecule is Cc1ccc(C(=O)N2CCC[C@H](C(=O)O)C2)cn1. The van der Waals surface area contributed by atoms with Crippen LogP contribution in [0.4, 0.5) is 0 Å². The first-order valence-corrected chi connectivity index (χ1v) is 6.02. The van der Waals surface area contributed by atoms with Crippen molar-refractivity contribution in [2.45, 2.75) is 19.8 Å².